The van der Waals surface area contributed by atoms with Gasteiger partial charge in [0, 0.05) is 53.4 Å². The van der Waals surface area contributed by atoms with E-state index in [-0.39, 0.29) is 11.9 Å². The van der Waals surface area contributed by atoms with E-state index in [1.807, 2.05) is 21.9 Å². The molecule has 2 aliphatic heterocycles. The summed E-state index contributed by atoms with van der Waals surface area (Å²) in [5.41, 5.74) is 4.55. The van der Waals surface area contributed by atoms with Crippen molar-refractivity contribution in [3.8, 4) is 11.3 Å². The molecule has 0 radical (unpaired) electrons. The van der Waals surface area contributed by atoms with E-state index in [9.17, 15) is 14.7 Å². The maximum atomic E-state index is 15.4. The summed E-state index contributed by atoms with van der Waals surface area (Å²) in [4.78, 5) is 34.8. The third kappa shape index (κ3) is 4.17. The standard InChI is InChI=1S/C29H28FN5O3S/c1-16-20-8-11-39-26(20)7-10-34(16)28(36)24-13-25(17-2-3-17)35-27(31-24)14-23(32-35)21-5-4-19(12-22(21)30)33-9-6-18(15-33)29(37)38/h4-5,8,11-14,16-18H,2-3,6-7,9-10,15H2,1H3,(H,37,38)/t16-,18+/m1/s1. The number of halogens is 1. The Hall–Kier alpha value is -3.79. The van der Waals surface area contributed by atoms with E-state index < -0.39 is 17.7 Å². The van der Waals surface area contributed by atoms with Crippen LogP contribution in [0.2, 0.25) is 0 Å². The van der Waals surface area contributed by atoms with Gasteiger partial charge in [-0.15, -0.1) is 11.3 Å². The molecule has 3 aliphatic rings. The summed E-state index contributed by atoms with van der Waals surface area (Å²) in [6, 6.07) is 10.7. The molecule has 1 aromatic carbocycles. The molecular formula is C29H28FN5O3S. The smallest absolute Gasteiger partial charge is 0.308 e. The number of hydrogen-bond acceptors (Lipinski definition) is 6. The lowest BCUT2D eigenvalue weighted by Gasteiger charge is -2.33. The molecule has 8 nitrogen and oxygen atoms in total. The van der Waals surface area contributed by atoms with Gasteiger partial charge < -0.3 is 14.9 Å². The molecule has 0 spiro atoms. The van der Waals surface area contributed by atoms with Crippen LogP contribution in [0.5, 0.6) is 0 Å². The average molecular weight is 546 g/mol. The van der Waals surface area contributed by atoms with E-state index in [0.29, 0.717) is 60.3 Å². The van der Waals surface area contributed by atoms with Crippen molar-refractivity contribution in [2.75, 3.05) is 24.5 Å². The Labute approximate surface area is 228 Å². The number of carboxylic acids is 1. The minimum Gasteiger partial charge on any atom is -0.481 e. The van der Waals surface area contributed by atoms with Gasteiger partial charge in [-0.25, -0.2) is 13.9 Å². The highest BCUT2D eigenvalue weighted by Gasteiger charge is 2.33. The van der Waals surface area contributed by atoms with Gasteiger partial charge in [0.1, 0.15) is 11.5 Å². The van der Waals surface area contributed by atoms with Crippen molar-refractivity contribution in [1.29, 1.82) is 0 Å². The van der Waals surface area contributed by atoms with Crippen LogP contribution in [0.3, 0.4) is 0 Å². The normalized spacial score (nSPS) is 21.0. The zero-order valence-corrected chi connectivity index (χ0v) is 22.3. The second kappa shape index (κ2) is 9.15. The van der Waals surface area contributed by atoms with Crippen molar-refractivity contribution >= 4 is 34.5 Å². The number of anilines is 1. The first kappa shape index (κ1) is 24.3. The van der Waals surface area contributed by atoms with Crippen LogP contribution in [0.1, 0.15) is 64.8 Å². The second-order valence-electron chi connectivity index (χ2n) is 10.8. The fraction of sp³-hybridized carbons (Fsp3) is 0.379. The number of carbonyl (C=O) groups is 2. The van der Waals surface area contributed by atoms with Crippen LogP contribution in [-0.4, -0.2) is 56.1 Å². The van der Waals surface area contributed by atoms with Gasteiger partial charge in [-0.05, 0) is 73.9 Å². The third-order valence-corrected chi connectivity index (χ3v) is 9.34. The van der Waals surface area contributed by atoms with Crippen molar-refractivity contribution in [1.82, 2.24) is 19.5 Å². The number of carbonyl (C=O) groups excluding carboxylic acids is 1. The summed E-state index contributed by atoms with van der Waals surface area (Å²) in [7, 11) is 0. The van der Waals surface area contributed by atoms with E-state index in [1.165, 1.54) is 16.5 Å². The van der Waals surface area contributed by atoms with Gasteiger partial charge in [0.2, 0.25) is 0 Å². The first-order chi connectivity index (χ1) is 18.9. The van der Waals surface area contributed by atoms with Gasteiger partial charge in [-0.3, -0.25) is 9.59 Å². The van der Waals surface area contributed by atoms with Crippen molar-refractivity contribution in [3.05, 3.63) is 69.4 Å². The molecule has 2 atom stereocenters. The van der Waals surface area contributed by atoms with E-state index in [1.54, 1.807) is 28.0 Å². The molecule has 1 N–H and O–H groups in total. The zero-order chi connectivity index (χ0) is 26.8. The molecule has 1 saturated carbocycles. The number of fused-ring (bicyclic) bond motifs is 2. The summed E-state index contributed by atoms with van der Waals surface area (Å²) in [6.07, 6.45) is 3.45. The zero-order valence-electron chi connectivity index (χ0n) is 21.5. The number of thiophene rings is 1. The fourth-order valence-corrected chi connectivity index (χ4v) is 6.91. The van der Waals surface area contributed by atoms with Crippen molar-refractivity contribution < 1.29 is 19.1 Å². The van der Waals surface area contributed by atoms with E-state index in [2.05, 4.69) is 18.4 Å². The fourth-order valence-electron chi connectivity index (χ4n) is 5.95. The SMILES string of the molecule is C[C@@H]1c2ccsc2CCN1C(=O)c1cc(C2CC2)n2nc(-c3ccc(N4CC[C@H](C(=O)O)C4)cc3F)cc2n1. The number of hydrogen-bond donors (Lipinski definition) is 1. The van der Waals surface area contributed by atoms with Crippen LogP contribution in [-0.2, 0) is 11.2 Å². The lowest BCUT2D eigenvalue weighted by molar-refractivity contribution is -0.140. The molecular weight excluding hydrogens is 517 g/mol. The van der Waals surface area contributed by atoms with Gasteiger partial charge in [0.15, 0.2) is 5.65 Å². The molecule has 200 valence electrons. The summed E-state index contributed by atoms with van der Waals surface area (Å²) in [5.74, 6) is -1.46. The van der Waals surface area contributed by atoms with Gasteiger partial charge in [-0.1, -0.05) is 0 Å². The summed E-state index contributed by atoms with van der Waals surface area (Å²) in [5, 5.41) is 16.1. The maximum absolute atomic E-state index is 15.4. The highest BCUT2D eigenvalue weighted by molar-refractivity contribution is 7.10. The van der Waals surface area contributed by atoms with Crippen LogP contribution >= 0.6 is 11.3 Å². The predicted octanol–water partition coefficient (Wildman–Crippen LogP) is 5.14. The molecule has 1 saturated heterocycles. The number of benzene rings is 1. The lowest BCUT2D eigenvalue weighted by Crippen LogP contribution is -2.38. The van der Waals surface area contributed by atoms with Crippen LogP contribution in [0.15, 0.2) is 41.8 Å². The molecule has 3 aromatic heterocycles. The minimum atomic E-state index is -0.818. The predicted molar refractivity (Wildman–Crippen MR) is 146 cm³/mol. The summed E-state index contributed by atoms with van der Waals surface area (Å²) in [6.45, 7) is 3.68. The number of aliphatic carboxylic acids is 1. The maximum Gasteiger partial charge on any atom is 0.308 e. The Morgan fingerprint density at radius 2 is 1.95 bits per heavy atom. The number of carboxylic acid groups (broad SMARTS) is 1. The summed E-state index contributed by atoms with van der Waals surface area (Å²) >= 11 is 1.74. The van der Waals surface area contributed by atoms with Crippen LogP contribution in [0.25, 0.3) is 16.9 Å². The highest BCUT2D eigenvalue weighted by Crippen LogP contribution is 2.41. The lowest BCUT2D eigenvalue weighted by atomic mass is 10.0. The van der Waals surface area contributed by atoms with Gasteiger partial charge in [0.05, 0.1) is 17.7 Å². The van der Waals surface area contributed by atoms with Crippen LogP contribution in [0, 0.1) is 11.7 Å². The molecule has 39 heavy (non-hydrogen) atoms. The third-order valence-electron chi connectivity index (χ3n) is 8.34. The first-order valence-electron chi connectivity index (χ1n) is 13.4. The Kier molecular flexibility index (Phi) is 5.69. The number of rotatable bonds is 5. The molecule has 0 unspecified atom stereocenters. The Balaban J connectivity index is 1.21. The molecule has 5 heterocycles. The molecule has 7 rings (SSSR count). The number of nitrogens with zero attached hydrogens (tertiary/aromatic N) is 5. The van der Waals surface area contributed by atoms with E-state index in [0.717, 1.165) is 25.0 Å². The Bertz CT molecular complexity index is 1630. The second-order valence-corrected chi connectivity index (χ2v) is 11.8. The largest absolute Gasteiger partial charge is 0.481 e. The van der Waals surface area contributed by atoms with Crippen molar-refractivity contribution in [2.24, 2.45) is 5.92 Å². The molecule has 10 heteroatoms. The molecule has 0 bridgehead atoms. The van der Waals surface area contributed by atoms with Crippen LogP contribution in [0.4, 0.5) is 10.1 Å². The quantitative estimate of drug-likeness (QED) is 0.373. The average Bonchev–Trinajstić information content (AvgIpc) is 3.31. The monoisotopic (exact) mass is 545 g/mol. The molecule has 1 aliphatic carbocycles. The van der Waals surface area contributed by atoms with Crippen LogP contribution < -0.4 is 4.90 Å². The highest BCUT2D eigenvalue weighted by atomic mass is 32.1. The van der Waals surface area contributed by atoms with E-state index >= 15 is 4.39 Å². The number of amides is 1. The molecule has 1 amide bonds. The van der Waals surface area contributed by atoms with Gasteiger partial charge in [-0.2, -0.15) is 5.10 Å². The number of aromatic nitrogens is 3. The van der Waals surface area contributed by atoms with Crippen molar-refractivity contribution in [3.63, 3.8) is 0 Å². The van der Waals surface area contributed by atoms with E-state index in [4.69, 9.17) is 10.1 Å². The van der Waals surface area contributed by atoms with Crippen molar-refractivity contribution in [2.45, 2.75) is 44.6 Å². The Morgan fingerprint density at radius 3 is 2.69 bits per heavy atom. The minimum absolute atomic E-state index is 0.00984. The van der Waals surface area contributed by atoms with Gasteiger partial charge in [0.25, 0.3) is 5.91 Å². The first-order valence-corrected chi connectivity index (χ1v) is 14.3. The van der Waals surface area contributed by atoms with Gasteiger partial charge >= 0.3 is 5.97 Å². The Morgan fingerprint density at radius 1 is 1.10 bits per heavy atom. The topological polar surface area (TPSA) is 91.0 Å². The molecule has 2 fully saturated rings. The molecule has 4 aromatic rings. The summed E-state index contributed by atoms with van der Waals surface area (Å²) < 4.78 is 17.1.